The van der Waals surface area contributed by atoms with Gasteiger partial charge in [0.25, 0.3) is 11.8 Å². The van der Waals surface area contributed by atoms with Gasteiger partial charge in [0.2, 0.25) is 0 Å². The highest BCUT2D eigenvalue weighted by atomic mass is 19.3. The van der Waals surface area contributed by atoms with Crippen LogP contribution in [0.15, 0.2) is 42.7 Å². The third-order valence-electron chi connectivity index (χ3n) is 6.44. The van der Waals surface area contributed by atoms with Crippen molar-refractivity contribution in [3.63, 3.8) is 0 Å². The third kappa shape index (κ3) is 3.00. The summed E-state index contributed by atoms with van der Waals surface area (Å²) in [5.74, 6) is -3.69. The molecule has 168 valence electrons. The number of anilines is 2. The van der Waals surface area contributed by atoms with Crippen molar-refractivity contribution in [2.24, 2.45) is 0 Å². The van der Waals surface area contributed by atoms with E-state index < -0.39 is 24.3 Å². The third-order valence-corrected chi connectivity index (χ3v) is 6.44. The molecule has 7 nitrogen and oxygen atoms in total. The Morgan fingerprint density at radius 3 is 2.73 bits per heavy atom. The Kier molecular flexibility index (Phi) is 4.11. The summed E-state index contributed by atoms with van der Waals surface area (Å²) in [7, 11) is 0. The minimum Gasteiger partial charge on any atom is -0.365 e. The lowest BCUT2D eigenvalue weighted by molar-refractivity contribution is 0.0257. The number of aromatic amines is 2. The molecule has 2 N–H and O–H groups in total. The lowest BCUT2D eigenvalue weighted by Crippen LogP contribution is -2.30. The van der Waals surface area contributed by atoms with Crippen LogP contribution in [0.4, 0.5) is 24.5 Å². The Morgan fingerprint density at radius 1 is 1.15 bits per heavy atom. The summed E-state index contributed by atoms with van der Waals surface area (Å²) in [5, 5.41) is 6.98. The standard InChI is InChI=1S/C23H19F3N6O/c1-12-19-20(30-29-12)22(33)32(14-3-5-17-18(9-14)28-11-27-17)21(19)15-4-2-13(8-16(15)24)31-7-6-23(25,26)10-31/h2-5,8-9,11,21H,6-7,10H2,1H3,(H,27,28)(H,29,30). The van der Waals surface area contributed by atoms with Gasteiger partial charge in [0.05, 0.1) is 29.9 Å². The summed E-state index contributed by atoms with van der Waals surface area (Å²) in [6.45, 7) is 1.51. The number of hydrogen-bond donors (Lipinski definition) is 2. The zero-order valence-electron chi connectivity index (χ0n) is 17.6. The highest BCUT2D eigenvalue weighted by Gasteiger charge is 2.44. The van der Waals surface area contributed by atoms with E-state index in [4.69, 9.17) is 0 Å². The van der Waals surface area contributed by atoms with Crippen LogP contribution in [0.5, 0.6) is 0 Å². The number of hydrogen-bond acceptors (Lipinski definition) is 4. The van der Waals surface area contributed by atoms with Gasteiger partial charge in [0.1, 0.15) is 5.82 Å². The molecule has 1 unspecified atom stereocenters. The van der Waals surface area contributed by atoms with Crippen LogP contribution in [0.3, 0.4) is 0 Å². The second kappa shape index (κ2) is 6.84. The predicted octanol–water partition coefficient (Wildman–Crippen LogP) is 4.33. The molecule has 33 heavy (non-hydrogen) atoms. The zero-order chi connectivity index (χ0) is 22.9. The summed E-state index contributed by atoms with van der Waals surface area (Å²) >= 11 is 0. The average molecular weight is 452 g/mol. The molecule has 1 atom stereocenters. The van der Waals surface area contributed by atoms with Crippen LogP contribution < -0.4 is 9.80 Å². The maximum absolute atomic E-state index is 15.5. The number of carbonyl (C=O) groups excluding carboxylic acids is 1. The van der Waals surface area contributed by atoms with Crippen LogP contribution >= 0.6 is 0 Å². The molecule has 0 radical (unpaired) electrons. The van der Waals surface area contributed by atoms with E-state index in [1.807, 2.05) is 0 Å². The number of imidazole rings is 1. The monoisotopic (exact) mass is 452 g/mol. The molecule has 0 spiro atoms. The molecule has 2 aromatic carbocycles. The van der Waals surface area contributed by atoms with Crippen molar-refractivity contribution in [2.75, 3.05) is 22.9 Å². The van der Waals surface area contributed by atoms with Gasteiger partial charge in [-0.2, -0.15) is 5.10 Å². The van der Waals surface area contributed by atoms with Crippen LogP contribution in [0.1, 0.15) is 39.8 Å². The first-order valence-electron chi connectivity index (χ1n) is 10.6. The number of carbonyl (C=O) groups is 1. The molecule has 2 aliphatic heterocycles. The quantitative estimate of drug-likeness (QED) is 0.485. The fourth-order valence-electron chi connectivity index (χ4n) is 4.82. The number of aryl methyl sites for hydroxylation is 1. The molecule has 10 heteroatoms. The minimum atomic E-state index is -2.78. The Balaban J connectivity index is 1.45. The second-order valence-electron chi connectivity index (χ2n) is 8.53. The molecule has 1 amide bonds. The normalized spacial score (nSPS) is 19.6. The molecule has 1 saturated heterocycles. The van der Waals surface area contributed by atoms with E-state index in [9.17, 15) is 13.6 Å². The molecule has 4 aromatic rings. The maximum Gasteiger partial charge on any atom is 0.280 e. The van der Waals surface area contributed by atoms with Gasteiger partial charge in [-0.25, -0.2) is 18.2 Å². The molecule has 0 saturated carbocycles. The Labute approximate surface area is 186 Å². The molecule has 1 fully saturated rings. The van der Waals surface area contributed by atoms with E-state index in [2.05, 4.69) is 20.2 Å². The minimum absolute atomic E-state index is 0.162. The molecule has 2 aliphatic rings. The average Bonchev–Trinajstić information content (AvgIpc) is 3.53. The van der Waals surface area contributed by atoms with Crippen LogP contribution in [0.25, 0.3) is 11.0 Å². The number of halogens is 3. The van der Waals surface area contributed by atoms with Crippen LogP contribution in [0, 0.1) is 12.7 Å². The molecule has 2 aromatic heterocycles. The number of fused-ring (bicyclic) bond motifs is 2. The van der Waals surface area contributed by atoms with E-state index in [1.165, 1.54) is 15.9 Å². The number of benzene rings is 2. The van der Waals surface area contributed by atoms with Crippen molar-refractivity contribution >= 4 is 28.3 Å². The van der Waals surface area contributed by atoms with Crippen LogP contribution in [-0.2, 0) is 0 Å². The highest BCUT2D eigenvalue weighted by Crippen LogP contribution is 2.44. The Morgan fingerprint density at radius 2 is 1.97 bits per heavy atom. The van der Waals surface area contributed by atoms with E-state index in [1.54, 1.807) is 43.6 Å². The largest absolute Gasteiger partial charge is 0.365 e. The van der Waals surface area contributed by atoms with Crippen LogP contribution in [0.2, 0.25) is 0 Å². The first-order chi connectivity index (χ1) is 15.8. The lowest BCUT2D eigenvalue weighted by atomic mass is 9.97. The van der Waals surface area contributed by atoms with E-state index in [0.29, 0.717) is 22.6 Å². The summed E-state index contributed by atoms with van der Waals surface area (Å²) in [5.41, 5.74) is 4.23. The Bertz CT molecular complexity index is 1410. The summed E-state index contributed by atoms with van der Waals surface area (Å²) in [4.78, 5) is 23.6. The zero-order valence-corrected chi connectivity index (χ0v) is 17.6. The van der Waals surface area contributed by atoms with Gasteiger partial charge in [-0.1, -0.05) is 6.07 Å². The first-order valence-corrected chi connectivity index (χ1v) is 10.6. The lowest BCUT2D eigenvalue weighted by Gasteiger charge is -2.27. The van der Waals surface area contributed by atoms with Gasteiger partial charge in [0, 0.05) is 41.2 Å². The van der Waals surface area contributed by atoms with Crippen molar-refractivity contribution in [1.82, 2.24) is 20.2 Å². The summed E-state index contributed by atoms with van der Waals surface area (Å²) in [6, 6.07) is 9.06. The van der Waals surface area contributed by atoms with Crippen molar-refractivity contribution < 1.29 is 18.0 Å². The van der Waals surface area contributed by atoms with Crippen molar-refractivity contribution in [3.05, 3.63) is 71.1 Å². The number of nitrogens with one attached hydrogen (secondary N) is 2. The van der Waals surface area contributed by atoms with Crippen molar-refractivity contribution in [3.8, 4) is 0 Å². The molecule has 0 bridgehead atoms. The number of rotatable bonds is 3. The number of alkyl halides is 2. The van der Waals surface area contributed by atoms with Gasteiger partial charge in [0.15, 0.2) is 5.69 Å². The van der Waals surface area contributed by atoms with Gasteiger partial charge < -0.3 is 9.88 Å². The maximum atomic E-state index is 15.5. The Hall–Kier alpha value is -3.82. The number of nitrogens with zero attached hydrogens (tertiary/aromatic N) is 4. The molecule has 4 heterocycles. The molecular weight excluding hydrogens is 433 g/mol. The van der Waals surface area contributed by atoms with Gasteiger partial charge in [-0.3, -0.25) is 14.8 Å². The van der Waals surface area contributed by atoms with E-state index in [-0.39, 0.29) is 30.1 Å². The molecule has 6 rings (SSSR count). The van der Waals surface area contributed by atoms with Crippen molar-refractivity contribution in [1.29, 1.82) is 0 Å². The van der Waals surface area contributed by atoms with E-state index in [0.717, 1.165) is 11.0 Å². The van der Waals surface area contributed by atoms with Gasteiger partial charge in [-0.15, -0.1) is 0 Å². The SMILES string of the molecule is Cc1[nH]nc2c1C(c1ccc(N3CCC(F)(F)C3)cc1F)N(c1ccc3nc[nH]c3c1)C2=O. The number of aromatic nitrogens is 4. The molecule has 0 aliphatic carbocycles. The second-order valence-corrected chi connectivity index (χ2v) is 8.53. The van der Waals surface area contributed by atoms with E-state index >= 15 is 4.39 Å². The van der Waals surface area contributed by atoms with Gasteiger partial charge >= 0.3 is 0 Å². The number of amides is 1. The topological polar surface area (TPSA) is 80.9 Å². The number of H-pyrrole nitrogens is 2. The first kappa shape index (κ1) is 19.8. The fourth-order valence-corrected chi connectivity index (χ4v) is 4.82. The predicted molar refractivity (Wildman–Crippen MR) is 116 cm³/mol. The molecular formula is C23H19F3N6O. The fraction of sp³-hybridized carbons (Fsp3) is 0.261. The summed E-state index contributed by atoms with van der Waals surface area (Å²) < 4.78 is 42.8. The van der Waals surface area contributed by atoms with Gasteiger partial charge in [-0.05, 0) is 37.3 Å². The highest BCUT2D eigenvalue weighted by molar-refractivity contribution is 6.11. The smallest absolute Gasteiger partial charge is 0.280 e. The van der Waals surface area contributed by atoms with Crippen molar-refractivity contribution in [2.45, 2.75) is 25.3 Å². The van der Waals surface area contributed by atoms with Crippen LogP contribution in [-0.4, -0.2) is 45.1 Å². The summed E-state index contributed by atoms with van der Waals surface area (Å²) in [6.07, 6.45) is 1.31.